The quantitative estimate of drug-likeness (QED) is 0.264. The number of para-hydroxylation sites is 1. The highest BCUT2D eigenvalue weighted by atomic mass is 19.1. The molecule has 1 fully saturated rings. The van der Waals surface area contributed by atoms with Crippen LogP contribution in [-0.2, 0) is 6.54 Å². The van der Waals surface area contributed by atoms with Crippen molar-refractivity contribution < 1.29 is 18.2 Å². The molecule has 4 rings (SSSR count). The molecule has 3 aromatic carbocycles. The maximum atomic E-state index is 14.0. The minimum atomic E-state index is -0.328. The fourth-order valence-electron chi connectivity index (χ4n) is 5.09. The van der Waals surface area contributed by atoms with Crippen molar-refractivity contribution in [1.82, 2.24) is 0 Å². The molecule has 0 spiro atoms. The number of hydrogen-bond acceptors (Lipinski definition) is 2. The van der Waals surface area contributed by atoms with Crippen molar-refractivity contribution in [2.45, 2.75) is 39.2 Å². The first kappa shape index (κ1) is 24.4. The Hall–Kier alpha value is -2.76. The number of nitrogens with zero attached hydrogens (tertiary/aromatic N) is 1. The van der Waals surface area contributed by atoms with Crippen LogP contribution in [0.15, 0.2) is 72.8 Å². The van der Waals surface area contributed by atoms with Gasteiger partial charge in [-0.2, -0.15) is 0 Å². The van der Waals surface area contributed by atoms with Crippen molar-refractivity contribution in [2.75, 3.05) is 19.7 Å². The SMILES string of the molecule is CC(C)COc1ccccc1C[N+]1([O-])CCCC(C(c2ccc(F)cc2)c2ccc(F)cc2)C1. The highest BCUT2D eigenvalue weighted by molar-refractivity contribution is 5.35. The van der Waals surface area contributed by atoms with Gasteiger partial charge in [0.25, 0.3) is 0 Å². The average molecular weight is 466 g/mol. The van der Waals surface area contributed by atoms with Crippen LogP contribution >= 0.6 is 0 Å². The van der Waals surface area contributed by atoms with Crippen LogP contribution in [0.4, 0.5) is 8.78 Å². The van der Waals surface area contributed by atoms with Gasteiger partial charge in [-0.05, 0) is 66.3 Å². The molecule has 1 aliphatic heterocycles. The minimum absolute atomic E-state index is 0.0610. The number of hydrogen-bond donors (Lipinski definition) is 0. The Kier molecular flexibility index (Phi) is 7.64. The van der Waals surface area contributed by atoms with Gasteiger partial charge in [0.2, 0.25) is 0 Å². The van der Waals surface area contributed by atoms with E-state index in [1.807, 2.05) is 24.3 Å². The molecule has 1 aliphatic rings. The molecule has 0 saturated carbocycles. The topological polar surface area (TPSA) is 32.3 Å². The molecule has 0 bridgehead atoms. The third-order valence-corrected chi connectivity index (χ3v) is 6.64. The van der Waals surface area contributed by atoms with Crippen LogP contribution in [0.2, 0.25) is 0 Å². The minimum Gasteiger partial charge on any atom is -0.633 e. The molecular formula is C29H33F2NO2. The second-order valence-corrected chi connectivity index (χ2v) is 9.92. The van der Waals surface area contributed by atoms with Gasteiger partial charge in [-0.3, -0.25) is 0 Å². The molecule has 0 N–H and O–H groups in total. The van der Waals surface area contributed by atoms with E-state index in [4.69, 9.17) is 4.74 Å². The van der Waals surface area contributed by atoms with Crippen LogP contribution in [0, 0.1) is 28.7 Å². The third-order valence-electron chi connectivity index (χ3n) is 6.64. The van der Waals surface area contributed by atoms with Gasteiger partial charge in [-0.25, -0.2) is 8.78 Å². The summed E-state index contributed by atoms with van der Waals surface area (Å²) in [6.07, 6.45) is 1.70. The first-order valence-corrected chi connectivity index (χ1v) is 12.1. The lowest BCUT2D eigenvalue weighted by atomic mass is 9.76. The normalized spacial score (nSPS) is 20.6. The molecule has 180 valence electrons. The lowest BCUT2D eigenvalue weighted by Gasteiger charge is -2.50. The van der Waals surface area contributed by atoms with Gasteiger partial charge in [-0.1, -0.05) is 50.2 Å². The van der Waals surface area contributed by atoms with Gasteiger partial charge >= 0.3 is 0 Å². The van der Waals surface area contributed by atoms with Gasteiger partial charge in [0.15, 0.2) is 0 Å². The van der Waals surface area contributed by atoms with E-state index in [0.717, 1.165) is 35.3 Å². The zero-order valence-corrected chi connectivity index (χ0v) is 19.9. The summed E-state index contributed by atoms with van der Waals surface area (Å²) in [6, 6.07) is 20.8. The summed E-state index contributed by atoms with van der Waals surface area (Å²) in [7, 11) is 0. The van der Waals surface area contributed by atoms with E-state index in [-0.39, 0.29) is 28.1 Å². The Morgan fingerprint density at radius 2 is 1.50 bits per heavy atom. The third kappa shape index (κ3) is 6.02. The summed E-state index contributed by atoms with van der Waals surface area (Å²) in [5.41, 5.74) is 2.83. The Morgan fingerprint density at radius 3 is 2.09 bits per heavy atom. The number of quaternary nitrogens is 1. The summed E-state index contributed by atoms with van der Waals surface area (Å²) in [6.45, 7) is 6.15. The van der Waals surface area contributed by atoms with E-state index >= 15 is 0 Å². The maximum Gasteiger partial charge on any atom is 0.128 e. The summed E-state index contributed by atoms with van der Waals surface area (Å²) in [4.78, 5) is 0. The number of rotatable bonds is 8. The molecule has 0 aromatic heterocycles. The Labute approximate surface area is 201 Å². The van der Waals surface area contributed by atoms with Gasteiger partial charge in [0.1, 0.15) is 23.9 Å². The van der Waals surface area contributed by atoms with E-state index in [1.54, 1.807) is 24.3 Å². The number of halogens is 2. The summed E-state index contributed by atoms with van der Waals surface area (Å²) in [5.74, 6) is 0.552. The molecule has 3 aromatic rings. The van der Waals surface area contributed by atoms with Crippen molar-refractivity contribution in [1.29, 1.82) is 0 Å². The van der Waals surface area contributed by atoms with E-state index in [1.165, 1.54) is 24.3 Å². The highest BCUT2D eigenvalue weighted by Gasteiger charge is 2.35. The molecule has 34 heavy (non-hydrogen) atoms. The van der Waals surface area contributed by atoms with Gasteiger partial charge in [-0.15, -0.1) is 0 Å². The number of piperidine rings is 1. The first-order chi connectivity index (χ1) is 16.3. The van der Waals surface area contributed by atoms with Crippen LogP contribution in [0.1, 0.15) is 49.3 Å². The molecule has 2 unspecified atom stereocenters. The Bertz CT molecular complexity index is 1020. The summed E-state index contributed by atoms with van der Waals surface area (Å²) >= 11 is 0. The van der Waals surface area contributed by atoms with Crippen LogP contribution in [0.25, 0.3) is 0 Å². The molecular weight excluding hydrogens is 432 g/mol. The van der Waals surface area contributed by atoms with Crippen LogP contribution in [-0.4, -0.2) is 24.3 Å². The Morgan fingerprint density at radius 1 is 0.912 bits per heavy atom. The van der Waals surface area contributed by atoms with E-state index in [2.05, 4.69) is 13.8 Å². The van der Waals surface area contributed by atoms with Gasteiger partial charge in [0, 0.05) is 17.4 Å². The molecule has 1 saturated heterocycles. The molecule has 5 heteroatoms. The van der Waals surface area contributed by atoms with Crippen LogP contribution < -0.4 is 4.74 Å². The molecule has 0 radical (unpaired) electrons. The zero-order chi connectivity index (χ0) is 24.1. The number of benzene rings is 3. The number of hydroxylamine groups is 3. The molecule has 0 amide bonds. The number of likely N-dealkylation sites (tertiary alicyclic amines) is 1. The fourth-order valence-corrected chi connectivity index (χ4v) is 5.09. The lowest BCUT2D eigenvalue weighted by Crippen LogP contribution is -2.50. The highest BCUT2D eigenvalue weighted by Crippen LogP contribution is 2.40. The predicted octanol–water partition coefficient (Wildman–Crippen LogP) is 7.06. The van der Waals surface area contributed by atoms with E-state index < -0.39 is 0 Å². The zero-order valence-electron chi connectivity index (χ0n) is 19.9. The molecule has 3 nitrogen and oxygen atoms in total. The molecule has 2 atom stereocenters. The van der Waals surface area contributed by atoms with Crippen LogP contribution in [0.5, 0.6) is 5.75 Å². The van der Waals surface area contributed by atoms with Crippen molar-refractivity contribution in [2.24, 2.45) is 11.8 Å². The standard InChI is InChI=1S/C29H33F2NO2/c1-21(2)20-34-28-8-4-3-6-24(28)18-32(33)17-5-7-25(19-32)29(22-9-13-26(30)14-10-22)23-11-15-27(31)16-12-23/h3-4,6,8-16,21,25,29H,5,7,17-20H2,1-2H3. The summed E-state index contributed by atoms with van der Waals surface area (Å²) < 4.78 is 33.0. The monoisotopic (exact) mass is 465 g/mol. The molecule has 1 heterocycles. The predicted molar refractivity (Wildman–Crippen MR) is 131 cm³/mol. The van der Waals surface area contributed by atoms with Crippen molar-refractivity contribution in [3.63, 3.8) is 0 Å². The average Bonchev–Trinajstić information content (AvgIpc) is 2.81. The fraction of sp³-hybridized carbons (Fsp3) is 0.379. The number of ether oxygens (including phenoxy) is 1. The smallest absolute Gasteiger partial charge is 0.128 e. The lowest BCUT2D eigenvalue weighted by molar-refractivity contribution is -0.902. The van der Waals surface area contributed by atoms with Crippen molar-refractivity contribution in [3.05, 3.63) is 106 Å². The first-order valence-electron chi connectivity index (χ1n) is 12.1. The maximum absolute atomic E-state index is 14.0. The Balaban J connectivity index is 1.60. The second kappa shape index (κ2) is 10.7. The van der Waals surface area contributed by atoms with E-state index in [9.17, 15) is 14.0 Å². The molecule has 0 aliphatic carbocycles. The van der Waals surface area contributed by atoms with Crippen LogP contribution in [0.3, 0.4) is 0 Å². The van der Waals surface area contributed by atoms with Gasteiger partial charge in [0.05, 0.1) is 19.7 Å². The second-order valence-electron chi connectivity index (χ2n) is 9.92. The largest absolute Gasteiger partial charge is 0.633 e. The van der Waals surface area contributed by atoms with E-state index in [0.29, 0.717) is 32.2 Å². The van der Waals surface area contributed by atoms with Crippen molar-refractivity contribution in [3.8, 4) is 5.75 Å². The summed E-state index contributed by atoms with van der Waals surface area (Å²) in [5, 5.41) is 14.0. The van der Waals surface area contributed by atoms with Gasteiger partial charge < -0.3 is 14.6 Å². The van der Waals surface area contributed by atoms with Crippen molar-refractivity contribution >= 4 is 0 Å².